The van der Waals surface area contributed by atoms with Crippen molar-refractivity contribution < 1.29 is 9.18 Å². The summed E-state index contributed by atoms with van der Waals surface area (Å²) in [6.45, 7) is 0. The summed E-state index contributed by atoms with van der Waals surface area (Å²) >= 11 is 12.3. The fraction of sp³-hybridized carbons (Fsp3) is 0.100. The maximum atomic E-state index is 13.3. The van der Waals surface area contributed by atoms with Crippen molar-refractivity contribution in [3.8, 4) is 0 Å². The maximum Gasteiger partial charge on any atom is 0.232 e. The molecule has 6 heteroatoms. The molecule has 1 N–H and O–H groups in total. The first-order valence-electron chi connectivity index (χ1n) is 7.95. The van der Waals surface area contributed by atoms with E-state index in [1.807, 2.05) is 12.1 Å². The molecule has 1 heterocycles. The van der Waals surface area contributed by atoms with Crippen LogP contribution in [0.15, 0.2) is 66.9 Å². The van der Waals surface area contributed by atoms with Gasteiger partial charge in [-0.25, -0.2) is 4.39 Å². The molecule has 0 fully saturated rings. The Morgan fingerprint density at radius 2 is 1.69 bits per heavy atom. The van der Waals surface area contributed by atoms with Crippen molar-refractivity contribution in [1.29, 1.82) is 0 Å². The zero-order chi connectivity index (χ0) is 18.5. The Morgan fingerprint density at radius 1 is 1.00 bits per heavy atom. The van der Waals surface area contributed by atoms with E-state index in [0.717, 1.165) is 5.69 Å². The Morgan fingerprint density at radius 3 is 2.31 bits per heavy atom. The van der Waals surface area contributed by atoms with Gasteiger partial charge in [-0.3, -0.25) is 9.78 Å². The monoisotopic (exact) mass is 388 g/mol. The highest BCUT2D eigenvalue weighted by Gasteiger charge is 2.23. The number of para-hydroxylation sites is 1. The summed E-state index contributed by atoms with van der Waals surface area (Å²) in [6, 6.07) is 16.3. The summed E-state index contributed by atoms with van der Waals surface area (Å²) < 4.78 is 13.3. The minimum absolute atomic E-state index is 0.294. The van der Waals surface area contributed by atoms with Gasteiger partial charge in [0.1, 0.15) is 5.82 Å². The minimum Gasteiger partial charge on any atom is -0.323 e. The molecule has 132 valence electrons. The van der Waals surface area contributed by atoms with E-state index < -0.39 is 5.92 Å². The first kappa shape index (κ1) is 18.4. The average molecular weight is 389 g/mol. The van der Waals surface area contributed by atoms with Gasteiger partial charge in [-0.1, -0.05) is 47.5 Å². The van der Waals surface area contributed by atoms with Crippen LogP contribution in [0.4, 0.5) is 10.1 Å². The number of rotatable bonds is 5. The molecular formula is C20H15Cl2FN2O. The molecule has 3 rings (SSSR count). The third-order valence-corrected chi connectivity index (χ3v) is 4.57. The number of carbonyl (C=O) groups is 1. The Labute approximate surface area is 160 Å². The van der Waals surface area contributed by atoms with Gasteiger partial charge < -0.3 is 5.32 Å². The first-order chi connectivity index (χ1) is 12.5. The molecule has 0 bridgehead atoms. The van der Waals surface area contributed by atoms with Crippen LogP contribution in [-0.2, 0) is 11.2 Å². The standard InChI is InChI=1S/C20H15Cl2FN2O/c21-17-5-3-6-18(22)19(17)25-20(26)16(12-15-4-1-2-11-24-15)13-7-9-14(23)10-8-13/h1-11,16H,12H2,(H,25,26). The molecule has 26 heavy (non-hydrogen) atoms. The van der Waals surface area contributed by atoms with E-state index in [4.69, 9.17) is 23.2 Å². The summed E-state index contributed by atoms with van der Waals surface area (Å²) in [6.07, 6.45) is 2.03. The van der Waals surface area contributed by atoms with Crippen molar-refractivity contribution in [1.82, 2.24) is 4.98 Å². The Kier molecular flexibility index (Phi) is 5.86. The van der Waals surface area contributed by atoms with Crippen LogP contribution in [0.25, 0.3) is 0 Å². The van der Waals surface area contributed by atoms with E-state index in [1.54, 1.807) is 42.6 Å². The lowest BCUT2D eigenvalue weighted by Gasteiger charge is -2.18. The SMILES string of the molecule is O=C(Nc1c(Cl)cccc1Cl)C(Cc1ccccn1)c1ccc(F)cc1. The second kappa shape index (κ2) is 8.30. The van der Waals surface area contributed by atoms with Crippen LogP contribution in [0.5, 0.6) is 0 Å². The van der Waals surface area contributed by atoms with Crippen LogP contribution in [0.3, 0.4) is 0 Å². The molecule has 0 aliphatic carbocycles. The lowest BCUT2D eigenvalue weighted by Crippen LogP contribution is -2.23. The molecule has 1 aromatic heterocycles. The van der Waals surface area contributed by atoms with Gasteiger partial charge in [-0.05, 0) is 42.0 Å². The zero-order valence-electron chi connectivity index (χ0n) is 13.6. The van der Waals surface area contributed by atoms with E-state index in [9.17, 15) is 9.18 Å². The highest BCUT2D eigenvalue weighted by Crippen LogP contribution is 2.31. The fourth-order valence-corrected chi connectivity index (χ4v) is 3.10. The molecule has 0 saturated carbocycles. The van der Waals surface area contributed by atoms with Crippen LogP contribution >= 0.6 is 23.2 Å². The Balaban J connectivity index is 1.91. The van der Waals surface area contributed by atoms with Crippen molar-refractivity contribution in [3.05, 3.63) is 94.0 Å². The largest absolute Gasteiger partial charge is 0.323 e. The summed E-state index contributed by atoms with van der Waals surface area (Å²) in [5.74, 6) is -1.23. The quantitative estimate of drug-likeness (QED) is 0.627. The van der Waals surface area contributed by atoms with Crippen LogP contribution in [-0.4, -0.2) is 10.9 Å². The molecule has 1 amide bonds. The molecule has 1 unspecified atom stereocenters. The number of amides is 1. The summed E-state index contributed by atoms with van der Waals surface area (Å²) in [5, 5.41) is 3.48. The molecule has 2 aromatic carbocycles. The summed E-state index contributed by atoms with van der Waals surface area (Å²) in [7, 11) is 0. The van der Waals surface area contributed by atoms with Gasteiger partial charge in [0, 0.05) is 18.3 Å². The molecule has 3 nitrogen and oxygen atoms in total. The Hall–Kier alpha value is -2.43. The smallest absolute Gasteiger partial charge is 0.232 e. The molecule has 0 saturated heterocycles. The van der Waals surface area contributed by atoms with Gasteiger partial charge in [-0.2, -0.15) is 0 Å². The zero-order valence-corrected chi connectivity index (χ0v) is 15.1. The topological polar surface area (TPSA) is 42.0 Å². The predicted octanol–water partition coefficient (Wildman–Crippen LogP) is 5.49. The fourth-order valence-electron chi connectivity index (χ4n) is 2.61. The summed E-state index contributed by atoms with van der Waals surface area (Å²) in [5.41, 5.74) is 1.79. The van der Waals surface area contributed by atoms with Gasteiger partial charge >= 0.3 is 0 Å². The summed E-state index contributed by atoms with van der Waals surface area (Å²) in [4.78, 5) is 17.2. The minimum atomic E-state index is -0.571. The molecule has 0 aliphatic rings. The second-order valence-electron chi connectivity index (χ2n) is 5.72. The van der Waals surface area contributed by atoms with E-state index >= 15 is 0 Å². The Bertz CT molecular complexity index is 881. The molecule has 0 aliphatic heterocycles. The van der Waals surface area contributed by atoms with Gasteiger partial charge in [0.2, 0.25) is 5.91 Å². The van der Waals surface area contributed by atoms with E-state index in [2.05, 4.69) is 10.3 Å². The average Bonchev–Trinajstić information content (AvgIpc) is 2.64. The normalized spacial score (nSPS) is 11.8. The van der Waals surface area contributed by atoms with Crippen LogP contribution < -0.4 is 5.32 Å². The number of aromatic nitrogens is 1. The third-order valence-electron chi connectivity index (χ3n) is 3.94. The number of pyridine rings is 1. The molecule has 0 radical (unpaired) electrons. The van der Waals surface area contributed by atoms with Crippen molar-refractivity contribution >= 4 is 34.8 Å². The number of benzene rings is 2. The number of anilines is 1. The van der Waals surface area contributed by atoms with E-state index in [-0.39, 0.29) is 11.7 Å². The van der Waals surface area contributed by atoms with E-state index in [1.165, 1.54) is 12.1 Å². The van der Waals surface area contributed by atoms with Gasteiger partial charge in [0.15, 0.2) is 0 Å². The van der Waals surface area contributed by atoms with Gasteiger partial charge in [0.25, 0.3) is 0 Å². The van der Waals surface area contributed by atoms with Crippen LogP contribution in [0.2, 0.25) is 10.0 Å². The number of hydrogen-bond acceptors (Lipinski definition) is 2. The van der Waals surface area contributed by atoms with Crippen molar-refractivity contribution in [2.75, 3.05) is 5.32 Å². The van der Waals surface area contributed by atoms with Gasteiger partial charge in [0.05, 0.1) is 21.7 Å². The van der Waals surface area contributed by atoms with Crippen molar-refractivity contribution in [2.24, 2.45) is 0 Å². The van der Waals surface area contributed by atoms with E-state index in [0.29, 0.717) is 27.7 Å². The number of carbonyl (C=O) groups excluding carboxylic acids is 1. The first-order valence-corrected chi connectivity index (χ1v) is 8.70. The van der Waals surface area contributed by atoms with Gasteiger partial charge in [-0.15, -0.1) is 0 Å². The van der Waals surface area contributed by atoms with Crippen molar-refractivity contribution in [3.63, 3.8) is 0 Å². The number of nitrogens with one attached hydrogen (secondary N) is 1. The lowest BCUT2D eigenvalue weighted by atomic mass is 9.93. The molecular weight excluding hydrogens is 374 g/mol. The maximum absolute atomic E-state index is 13.3. The molecule has 1 atom stereocenters. The number of nitrogens with zero attached hydrogens (tertiary/aromatic N) is 1. The number of hydrogen-bond donors (Lipinski definition) is 1. The van der Waals surface area contributed by atoms with Crippen LogP contribution in [0, 0.1) is 5.82 Å². The predicted molar refractivity (Wildman–Crippen MR) is 102 cm³/mol. The van der Waals surface area contributed by atoms with Crippen LogP contribution in [0.1, 0.15) is 17.2 Å². The highest BCUT2D eigenvalue weighted by atomic mass is 35.5. The third kappa shape index (κ3) is 4.40. The second-order valence-corrected chi connectivity index (χ2v) is 6.53. The number of halogens is 3. The molecule has 0 spiro atoms. The lowest BCUT2D eigenvalue weighted by molar-refractivity contribution is -0.117. The highest BCUT2D eigenvalue weighted by molar-refractivity contribution is 6.39. The van der Waals surface area contributed by atoms with Crippen molar-refractivity contribution in [2.45, 2.75) is 12.3 Å². The molecule has 3 aromatic rings.